The molecular weight excluding hydrogens is 214 g/mol. The molecule has 0 radical (unpaired) electrons. The third-order valence-corrected chi connectivity index (χ3v) is 2.37. The molecule has 5 heteroatoms. The highest BCUT2D eigenvalue weighted by atomic mass is 32.2. The highest BCUT2D eigenvalue weighted by Crippen LogP contribution is 2.22. The average molecular weight is 225 g/mol. The second-order valence-electron chi connectivity index (χ2n) is 2.64. The Morgan fingerprint density at radius 3 is 2.67 bits per heavy atom. The zero-order valence-electron chi connectivity index (χ0n) is 8.23. The SMILES string of the molecule is CCOC(=O)c1ccccc1SC(N)=O. The predicted molar refractivity (Wildman–Crippen MR) is 57.8 cm³/mol. The molecule has 80 valence electrons. The second kappa shape index (κ2) is 5.41. The molecule has 1 aromatic carbocycles. The van der Waals surface area contributed by atoms with Gasteiger partial charge in [-0.2, -0.15) is 0 Å². The Bertz CT molecular complexity index is 379. The summed E-state index contributed by atoms with van der Waals surface area (Å²) in [6.45, 7) is 2.02. The molecule has 2 N–H and O–H groups in total. The van der Waals surface area contributed by atoms with Crippen LogP contribution in [0.3, 0.4) is 0 Å². The van der Waals surface area contributed by atoms with E-state index in [9.17, 15) is 9.59 Å². The van der Waals surface area contributed by atoms with Crippen molar-refractivity contribution in [3.8, 4) is 0 Å². The van der Waals surface area contributed by atoms with Crippen LogP contribution in [0.2, 0.25) is 0 Å². The number of ether oxygens (including phenoxy) is 1. The molecule has 0 aliphatic carbocycles. The molecule has 0 saturated heterocycles. The molecule has 0 bridgehead atoms. The first-order chi connectivity index (χ1) is 7.15. The summed E-state index contributed by atoms with van der Waals surface area (Å²) in [5.41, 5.74) is 5.40. The van der Waals surface area contributed by atoms with Crippen molar-refractivity contribution in [1.82, 2.24) is 0 Å². The van der Waals surface area contributed by atoms with Gasteiger partial charge in [-0.05, 0) is 30.8 Å². The van der Waals surface area contributed by atoms with Gasteiger partial charge in [-0.15, -0.1) is 0 Å². The molecule has 1 amide bonds. The minimum atomic E-state index is -0.549. The van der Waals surface area contributed by atoms with Crippen LogP contribution in [-0.2, 0) is 4.74 Å². The van der Waals surface area contributed by atoms with Crippen molar-refractivity contribution in [3.05, 3.63) is 29.8 Å². The van der Waals surface area contributed by atoms with Crippen LogP contribution in [0.15, 0.2) is 29.2 Å². The van der Waals surface area contributed by atoms with Gasteiger partial charge in [0.05, 0.1) is 12.2 Å². The Hall–Kier alpha value is -1.49. The number of rotatable bonds is 3. The van der Waals surface area contributed by atoms with Crippen LogP contribution in [0.4, 0.5) is 4.79 Å². The van der Waals surface area contributed by atoms with Crippen LogP contribution < -0.4 is 5.73 Å². The van der Waals surface area contributed by atoms with Gasteiger partial charge in [0.2, 0.25) is 0 Å². The van der Waals surface area contributed by atoms with Gasteiger partial charge in [0.1, 0.15) is 0 Å². The predicted octanol–water partition coefficient (Wildman–Crippen LogP) is 2.03. The van der Waals surface area contributed by atoms with Crippen molar-refractivity contribution in [2.24, 2.45) is 5.73 Å². The van der Waals surface area contributed by atoms with E-state index in [2.05, 4.69) is 0 Å². The average Bonchev–Trinajstić information content (AvgIpc) is 2.18. The van der Waals surface area contributed by atoms with Crippen LogP contribution in [-0.4, -0.2) is 17.8 Å². The van der Waals surface area contributed by atoms with Crippen LogP contribution in [0, 0.1) is 0 Å². The first-order valence-electron chi connectivity index (χ1n) is 4.38. The third kappa shape index (κ3) is 3.28. The minimum absolute atomic E-state index is 0.300. The van der Waals surface area contributed by atoms with Crippen LogP contribution in [0.1, 0.15) is 17.3 Å². The Labute approximate surface area is 91.8 Å². The van der Waals surface area contributed by atoms with Gasteiger partial charge in [-0.25, -0.2) is 4.79 Å². The van der Waals surface area contributed by atoms with Gasteiger partial charge in [0.15, 0.2) is 0 Å². The van der Waals surface area contributed by atoms with E-state index in [4.69, 9.17) is 10.5 Å². The number of thioether (sulfide) groups is 1. The van der Waals surface area contributed by atoms with Gasteiger partial charge >= 0.3 is 5.97 Å². The lowest BCUT2D eigenvalue weighted by molar-refractivity contribution is 0.0522. The Morgan fingerprint density at radius 2 is 2.07 bits per heavy atom. The number of carbonyl (C=O) groups excluding carboxylic acids is 2. The molecule has 0 unspecified atom stereocenters. The van der Waals surface area contributed by atoms with E-state index in [1.54, 1.807) is 31.2 Å². The highest BCUT2D eigenvalue weighted by Gasteiger charge is 2.13. The maximum Gasteiger partial charge on any atom is 0.339 e. The van der Waals surface area contributed by atoms with Crippen LogP contribution in [0.25, 0.3) is 0 Å². The Kier molecular flexibility index (Phi) is 4.17. The number of esters is 1. The summed E-state index contributed by atoms with van der Waals surface area (Å²) in [5.74, 6) is -0.443. The smallest absolute Gasteiger partial charge is 0.339 e. The van der Waals surface area contributed by atoms with Crippen molar-refractivity contribution in [2.75, 3.05) is 6.61 Å². The van der Waals surface area contributed by atoms with Gasteiger partial charge in [0, 0.05) is 4.90 Å². The van der Waals surface area contributed by atoms with Gasteiger partial charge < -0.3 is 10.5 Å². The number of nitrogens with two attached hydrogens (primary N) is 1. The van der Waals surface area contributed by atoms with E-state index in [0.717, 1.165) is 11.8 Å². The summed E-state index contributed by atoms with van der Waals surface area (Å²) in [4.78, 5) is 22.7. The van der Waals surface area contributed by atoms with E-state index in [1.165, 1.54) is 0 Å². The Morgan fingerprint density at radius 1 is 1.40 bits per heavy atom. The van der Waals surface area contributed by atoms with Crippen molar-refractivity contribution in [1.29, 1.82) is 0 Å². The zero-order valence-corrected chi connectivity index (χ0v) is 9.04. The van der Waals surface area contributed by atoms with E-state index < -0.39 is 11.2 Å². The fraction of sp³-hybridized carbons (Fsp3) is 0.200. The monoisotopic (exact) mass is 225 g/mol. The number of hydrogen-bond acceptors (Lipinski definition) is 4. The topological polar surface area (TPSA) is 69.4 Å². The molecular formula is C10H11NO3S. The molecule has 0 spiro atoms. The standard InChI is InChI=1S/C10H11NO3S/c1-2-14-9(12)7-5-3-4-6-8(7)15-10(11)13/h3-6H,2H2,1H3,(H2,11,13). The molecule has 0 saturated carbocycles. The normalized spacial score (nSPS) is 9.67. The summed E-state index contributed by atoms with van der Waals surface area (Å²) in [7, 11) is 0. The van der Waals surface area contributed by atoms with Crippen LogP contribution in [0.5, 0.6) is 0 Å². The zero-order chi connectivity index (χ0) is 11.3. The van der Waals surface area contributed by atoms with E-state index in [1.807, 2.05) is 0 Å². The number of primary amides is 1. The molecule has 0 aromatic heterocycles. The lowest BCUT2D eigenvalue weighted by atomic mass is 10.2. The summed E-state index contributed by atoms with van der Waals surface area (Å²) in [5, 5.41) is -0.549. The van der Waals surface area contributed by atoms with Gasteiger partial charge in [0.25, 0.3) is 5.24 Å². The van der Waals surface area contributed by atoms with E-state index in [0.29, 0.717) is 17.1 Å². The molecule has 4 nitrogen and oxygen atoms in total. The van der Waals surface area contributed by atoms with E-state index >= 15 is 0 Å². The van der Waals surface area contributed by atoms with Gasteiger partial charge in [-0.1, -0.05) is 12.1 Å². The molecule has 1 aromatic rings. The fourth-order valence-electron chi connectivity index (χ4n) is 1.04. The maximum atomic E-state index is 11.5. The fourth-order valence-corrected chi connectivity index (χ4v) is 1.67. The summed E-state index contributed by atoms with van der Waals surface area (Å²) in [6.07, 6.45) is 0. The van der Waals surface area contributed by atoms with Gasteiger partial charge in [-0.3, -0.25) is 4.79 Å². The molecule has 0 atom stereocenters. The van der Waals surface area contributed by atoms with E-state index in [-0.39, 0.29) is 0 Å². The molecule has 1 rings (SSSR count). The summed E-state index contributed by atoms with van der Waals surface area (Å²) in [6, 6.07) is 6.69. The second-order valence-corrected chi connectivity index (χ2v) is 3.68. The molecule has 0 aliphatic heterocycles. The highest BCUT2D eigenvalue weighted by molar-refractivity contribution is 8.13. The Balaban J connectivity index is 2.95. The summed E-state index contributed by atoms with van der Waals surface area (Å²) < 4.78 is 4.85. The molecule has 0 fully saturated rings. The number of benzene rings is 1. The third-order valence-electron chi connectivity index (χ3n) is 1.59. The first-order valence-corrected chi connectivity index (χ1v) is 5.20. The van der Waals surface area contributed by atoms with Crippen molar-refractivity contribution >= 4 is 23.0 Å². The van der Waals surface area contributed by atoms with Crippen molar-refractivity contribution in [3.63, 3.8) is 0 Å². The van der Waals surface area contributed by atoms with Crippen molar-refractivity contribution in [2.45, 2.75) is 11.8 Å². The number of amides is 1. The first kappa shape index (κ1) is 11.6. The quantitative estimate of drug-likeness (QED) is 0.631. The minimum Gasteiger partial charge on any atom is -0.462 e. The summed E-state index contributed by atoms with van der Waals surface area (Å²) >= 11 is 0.817. The number of hydrogen-bond donors (Lipinski definition) is 1. The molecule has 0 aliphatic rings. The lowest BCUT2D eigenvalue weighted by Crippen LogP contribution is -2.08. The molecule has 15 heavy (non-hydrogen) atoms. The lowest BCUT2D eigenvalue weighted by Gasteiger charge is -2.05. The van der Waals surface area contributed by atoms with Crippen molar-refractivity contribution < 1.29 is 14.3 Å². The number of carbonyl (C=O) groups is 2. The van der Waals surface area contributed by atoms with Crippen LogP contribution >= 0.6 is 11.8 Å². The molecule has 0 heterocycles. The maximum absolute atomic E-state index is 11.5. The largest absolute Gasteiger partial charge is 0.462 e.